The molecule has 0 fully saturated rings. The summed E-state index contributed by atoms with van der Waals surface area (Å²) in [6.07, 6.45) is 4.12. The Labute approximate surface area is 105 Å². The number of nitrogens with zero attached hydrogens (tertiary/aromatic N) is 1. The molecule has 4 nitrogen and oxygen atoms in total. The van der Waals surface area contributed by atoms with E-state index in [9.17, 15) is 4.79 Å². The molecule has 0 aromatic carbocycles. The second-order valence-corrected chi connectivity index (χ2v) is 5.10. The average Bonchev–Trinajstić information content (AvgIpc) is 2.73. The van der Waals surface area contributed by atoms with Crippen LogP contribution in [-0.2, 0) is 11.2 Å². The van der Waals surface area contributed by atoms with Gasteiger partial charge in [-0.2, -0.15) is 0 Å². The number of carbonyl (C=O) groups is 1. The molecule has 0 radical (unpaired) electrons. The number of thiazole rings is 1. The maximum Gasteiger partial charge on any atom is 0.328 e. The minimum absolute atomic E-state index is 0.150. The van der Waals surface area contributed by atoms with Crippen LogP contribution in [0.1, 0.15) is 36.7 Å². The van der Waals surface area contributed by atoms with Gasteiger partial charge in [0.2, 0.25) is 0 Å². The minimum atomic E-state index is -0.903. The zero-order valence-corrected chi connectivity index (χ0v) is 11.2. The average molecular weight is 254 g/mol. The first-order chi connectivity index (χ1) is 8.02. The summed E-state index contributed by atoms with van der Waals surface area (Å²) >= 11 is 1.70. The van der Waals surface area contributed by atoms with Gasteiger partial charge in [-0.3, -0.25) is 0 Å². The molecule has 1 aromatic rings. The lowest BCUT2D eigenvalue weighted by Crippen LogP contribution is -2.20. The first-order valence-electron chi connectivity index (χ1n) is 5.61. The summed E-state index contributed by atoms with van der Waals surface area (Å²) in [6, 6.07) is 0.150. The van der Waals surface area contributed by atoms with Crippen molar-refractivity contribution in [2.45, 2.75) is 33.2 Å². The summed E-state index contributed by atoms with van der Waals surface area (Å²) in [7, 11) is 0. The molecular weight excluding hydrogens is 236 g/mol. The fourth-order valence-corrected chi connectivity index (χ4v) is 2.23. The first kappa shape index (κ1) is 13.9. The molecular formula is C12H18N2O2S. The highest BCUT2D eigenvalue weighted by Crippen LogP contribution is 2.20. The van der Waals surface area contributed by atoms with Crippen molar-refractivity contribution in [3.05, 3.63) is 27.7 Å². The SMILES string of the molecule is CCc1cnc(C(C)NCC(C)=CC(=O)O)s1. The molecule has 1 rings (SSSR count). The van der Waals surface area contributed by atoms with E-state index in [1.165, 1.54) is 11.0 Å². The molecule has 94 valence electrons. The normalized spacial score (nSPS) is 13.7. The van der Waals surface area contributed by atoms with E-state index in [0.29, 0.717) is 6.54 Å². The molecule has 17 heavy (non-hydrogen) atoms. The van der Waals surface area contributed by atoms with Gasteiger partial charge in [-0.05, 0) is 20.3 Å². The van der Waals surface area contributed by atoms with Gasteiger partial charge in [-0.15, -0.1) is 11.3 Å². The van der Waals surface area contributed by atoms with Crippen LogP contribution in [-0.4, -0.2) is 22.6 Å². The van der Waals surface area contributed by atoms with Crippen molar-refractivity contribution >= 4 is 17.3 Å². The van der Waals surface area contributed by atoms with E-state index in [2.05, 4.69) is 17.2 Å². The van der Waals surface area contributed by atoms with Crippen LogP contribution in [0.2, 0.25) is 0 Å². The number of carboxylic acid groups (broad SMARTS) is 1. The molecule has 0 aliphatic heterocycles. The smallest absolute Gasteiger partial charge is 0.328 e. The van der Waals surface area contributed by atoms with Gasteiger partial charge in [0.05, 0.1) is 6.04 Å². The Kier molecular flexibility index (Phi) is 5.31. The number of carboxylic acids is 1. The second kappa shape index (κ2) is 6.51. The molecule has 0 amide bonds. The number of aryl methyl sites for hydroxylation is 1. The van der Waals surface area contributed by atoms with Crippen molar-refractivity contribution in [2.24, 2.45) is 0 Å². The van der Waals surface area contributed by atoms with Gasteiger partial charge in [0.1, 0.15) is 5.01 Å². The van der Waals surface area contributed by atoms with Crippen molar-refractivity contribution in [3.63, 3.8) is 0 Å². The summed E-state index contributed by atoms with van der Waals surface area (Å²) in [6.45, 7) is 6.50. The van der Waals surface area contributed by atoms with Crippen LogP contribution in [0.15, 0.2) is 17.8 Å². The van der Waals surface area contributed by atoms with Crippen LogP contribution in [0.25, 0.3) is 0 Å². The number of hydrogen-bond acceptors (Lipinski definition) is 4. The van der Waals surface area contributed by atoms with Gasteiger partial charge < -0.3 is 10.4 Å². The number of aliphatic carboxylic acids is 1. The Hall–Kier alpha value is -1.20. The van der Waals surface area contributed by atoms with Crippen LogP contribution in [0.4, 0.5) is 0 Å². The lowest BCUT2D eigenvalue weighted by atomic mass is 10.2. The third-order valence-electron chi connectivity index (χ3n) is 2.35. The van der Waals surface area contributed by atoms with E-state index < -0.39 is 5.97 Å². The molecule has 5 heteroatoms. The lowest BCUT2D eigenvalue weighted by Gasteiger charge is -2.10. The number of aromatic nitrogens is 1. The second-order valence-electron chi connectivity index (χ2n) is 3.95. The minimum Gasteiger partial charge on any atom is -0.478 e. The van der Waals surface area contributed by atoms with Crippen molar-refractivity contribution in [3.8, 4) is 0 Å². The van der Waals surface area contributed by atoms with Gasteiger partial charge in [-0.25, -0.2) is 9.78 Å². The Balaban J connectivity index is 2.49. The lowest BCUT2D eigenvalue weighted by molar-refractivity contribution is -0.131. The van der Waals surface area contributed by atoms with Gasteiger partial charge in [0, 0.05) is 23.7 Å². The summed E-state index contributed by atoms with van der Waals surface area (Å²) in [5, 5.41) is 12.9. The summed E-state index contributed by atoms with van der Waals surface area (Å²) in [5.41, 5.74) is 0.802. The molecule has 0 aliphatic carbocycles. The van der Waals surface area contributed by atoms with Crippen molar-refractivity contribution in [1.82, 2.24) is 10.3 Å². The standard InChI is InChI=1S/C12H18N2O2S/c1-4-10-7-14-12(17-10)9(3)13-6-8(2)5-11(15)16/h5,7,9,13H,4,6H2,1-3H3,(H,15,16). The molecule has 0 saturated carbocycles. The largest absolute Gasteiger partial charge is 0.478 e. The van der Waals surface area contributed by atoms with E-state index in [-0.39, 0.29) is 6.04 Å². The molecule has 1 atom stereocenters. The summed E-state index contributed by atoms with van der Waals surface area (Å²) in [4.78, 5) is 16.1. The van der Waals surface area contributed by atoms with Crippen LogP contribution in [0, 0.1) is 0 Å². The Morgan fingerprint density at radius 2 is 2.41 bits per heavy atom. The Morgan fingerprint density at radius 1 is 1.71 bits per heavy atom. The topological polar surface area (TPSA) is 62.2 Å². The highest BCUT2D eigenvalue weighted by Gasteiger charge is 2.09. The number of hydrogen-bond donors (Lipinski definition) is 2. The van der Waals surface area contributed by atoms with Crippen molar-refractivity contribution in [2.75, 3.05) is 6.54 Å². The molecule has 1 heterocycles. The van der Waals surface area contributed by atoms with E-state index in [1.54, 1.807) is 18.3 Å². The van der Waals surface area contributed by atoms with Gasteiger partial charge in [0.25, 0.3) is 0 Å². The van der Waals surface area contributed by atoms with Gasteiger partial charge >= 0.3 is 5.97 Å². The monoisotopic (exact) mass is 254 g/mol. The predicted molar refractivity (Wildman–Crippen MR) is 69.3 cm³/mol. The molecule has 0 aliphatic rings. The van der Waals surface area contributed by atoms with Gasteiger partial charge in [0.15, 0.2) is 0 Å². The zero-order valence-electron chi connectivity index (χ0n) is 10.4. The van der Waals surface area contributed by atoms with Crippen LogP contribution in [0.3, 0.4) is 0 Å². The van der Waals surface area contributed by atoms with Crippen LogP contribution < -0.4 is 5.32 Å². The highest BCUT2D eigenvalue weighted by atomic mass is 32.1. The van der Waals surface area contributed by atoms with E-state index in [0.717, 1.165) is 17.0 Å². The maximum absolute atomic E-state index is 10.5. The fraction of sp³-hybridized carbons (Fsp3) is 0.500. The number of rotatable bonds is 6. The van der Waals surface area contributed by atoms with Crippen molar-refractivity contribution in [1.29, 1.82) is 0 Å². The molecule has 0 spiro atoms. The Morgan fingerprint density at radius 3 is 2.94 bits per heavy atom. The molecule has 1 unspecified atom stereocenters. The predicted octanol–water partition coefficient (Wildman–Crippen LogP) is 2.39. The van der Waals surface area contributed by atoms with E-state index in [1.807, 2.05) is 13.1 Å². The van der Waals surface area contributed by atoms with Crippen LogP contribution >= 0.6 is 11.3 Å². The van der Waals surface area contributed by atoms with Gasteiger partial charge in [-0.1, -0.05) is 12.5 Å². The fourth-order valence-electron chi connectivity index (χ4n) is 1.35. The highest BCUT2D eigenvalue weighted by molar-refractivity contribution is 7.11. The van der Waals surface area contributed by atoms with Crippen LogP contribution in [0.5, 0.6) is 0 Å². The first-order valence-corrected chi connectivity index (χ1v) is 6.42. The quantitative estimate of drug-likeness (QED) is 0.765. The van der Waals surface area contributed by atoms with E-state index >= 15 is 0 Å². The third-order valence-corrected chi connectivity index (χ3v) is 3.67. The molecule has 0 saturated heterocycles. The van der Waals surface area contributed by atoms with Crippen molar-refractivity contribution < 1.29 is 9.90 Å². The summed E-state index contributed by atoms with van der Waals surface area (Å²) < 4.78 is 0. The number of nitrogens with one attached hydrogen (secondary N) is 1. The summed E-state index contributed by atoms with van der Waals surface area (Å²) in [5.74, 6) is -0.903. The molecule has 2 N–H and O–H groups in total. The third kappa shape index (κ3) is 4.66. The maximum atomic E-state index is 10.5. The van der Waals surface area contributed by atoms with E-state index in [4.69, 9.17) is 5.11 Å². The molecule has 0 bridgehead atoms. The Bertz CT molecular complexity index is 412. The molecule has 1 aromatic heterocycles. The zero-order chi connectivity index (χ0) is 12.8.